The number of rotatable bonds is 0. The Hall–Kier alpha value is 0.292. The smallest absolute Gasteiger partial charge is 0.829 e. The fourth-order valence-corrected chi connectivity index (χ4v) is 0. The van der Waals surface area contributed by atoms with E-state index in [9.17, 15) is 15.3 Å². The van der Waals surface area contributed by atoms with Crippen LogP contribution >= 0.6 is 0 Å². The predicted molar refractivity (Wildman–Crippen MR) is 54.6 cm³/mol. The van der Waals surface area contributed by atoms with Gasteiger partial charge in [-0.15, -0.1) is 0 Å². The van der Waals surface area contributed by atoms with Gasteiger partial charge >= 0.3 is 17.4 Å². The standard InChI is InChI=1S/3C3H7O2.Al/c3*1-3(2,4)5;/h3*4H,1-2H3;/q3*-1;+3. The molecule has 0 radical (unpaired) electrons. The Balaban J connectivity index is -0.0000000655. The fourth-order valence-electron chi connectivity index (χ4n) is 0. The third-order valence-electron chi connectivity index (χ3n) is 0. The molecule has 0 aromatic carbocycles. The summed E-state index contributed by atoms with van der Waals surface area (Å²) in [4.78, 5) is 0. The van der Waals surface area contributed by atoms with E-state index in [4.69, 9.17) is 15.3 Å². The van der Waals surface area contributed by atoms with Crippen molar-refractivity contribution in [2.45, 2.75) is 58.9 Å². The number of hydrogen-bond donors (Lipinski definition) is 3. The van der Waals surface area contributed by atoms with Crippen molar-refractivity contribution >= 4 is 17.4 Å². The fraction of sp³-hybridized carbons (Fsp3) is 1.00. The van der Waals surface area contributed by atoms with Gasteiger partial charge in [0.2, 0.25) is 0 Å². The van der Waals surface area contributed by atoms with Gasteiger partial charge in [0.25, 0.3) is 0 Å². The minimum absolute atomic E-state index is 0. The Morgan fingerprint density at radius 3 is 0.562 bits per heavy atom. The molecule has 0 saturated carbocycles. The second-order valence-electron chi connectivity index (χ2n) is 4.34. The molecule has 0 amide bonds. The molecule has 7 heteroatoms. The van der Waals surface area contributed by atoms with Crippen molar-refractivity contribution in [2.24, 2.45) is 0 Å². The first-order chi connectivity index (χ1) is 6.00. The molecule has 0 bridgehead atoms. The quantitative estimate of drug-likeness (QED) is 0.308. The van der Waals surface area contributed by atoms with Crippen LogP contribution in [0.25, 0.3) is 0 Å². The Kier molecular flexibility index (Phi) is 14.7. The van der Waals surface area contributed by atoms with E-state index in [0.717, 1.165) is 0 Å². The van der Waals surface area contributed by atoms with Gasteiger partial charge in [-0.2, -0.15) is 0 Å². The number of hydrogen-bond acceptors (Lipinski definition) is 6. The van der Waals surface area contributed by atoms with Crippen molar-refractivity contribution in [1.29, 1.82) is 0 Å². The van der Waals surface area contributed by atoms with Gasteiger partial charge in [-0.3, -0.25) is 0 Å². The molecule has 0 rings (SSSR count). The van der Waals surface area contributed by atoms with Gasteiger partial charge in [0.05, 0.1) is 0 Å². The predicted octanol–water partition coefficient (Wildman–Crippen LogP) is -3.16. The van der Waals surface area contributed by atoms with E-state index < -0.39 is 17.4 Å². The molecule has 96 valence electrons. The van der Waals surface area contributed by atoms with Crippen molar-refractivity contribution < 1.29 is 30.6 Å². The third kappa shape index (κ3) is 29500. The summed E-state index contributed by atoms with van der Waals surface area (Å²) in [7, 11) is 0. The summed E-state index contributed by atoms with van der Waals surface area (Å²) < 4.78 is 0. The third-order valence-corrected chi connectivity index (χ3v) is 0. The molecule has 0 aromatic heterocycles. The zero-order valence-electron chi connectivity index (χ0n) is 10.6. The second kappa shape index (κ2) is 9.34. The zero-order chi connectivity index (χ0) is 13.5. The van der Waals surface area contributed by atoms with Crippen LogP contribution in [0.1, 0.15) is 41.5 Å². The van der Waals surface area contributed by atoms with Crippen LogP contribution in [0.5, 0.6) is 0 Å². The molecule has 0 unspecified atom stereocenters. The zero-order valence-corrected chi connectivity index (χ0v) is 11.8. The van der Waals surface area contributed by atoms with Crippen LogP contribution in [0.15, 0.2) is 0 Å². The first-order valence-corrected chi connectivity index (χ1v) is 4.28. The average Bonchev–Trinajstić information content (AvgIpc) is 1.41. The van der Waals surface area contributed by atoms with Crippen molar-refractivity contribution in [3.63, 3.8) is 0 Å². The summed E-state index contributed by atoms with van der Waals surface area (Å²) in [5, 5.41) is 52.9. The van der Waals surface area contributed by atoms with Crippen LogP contribution in [0, 0.1) is 0 Å². The molecule has 0 fully saturated rings. The van der Waals surface area contributed by atoms with Gasteiger partial charge in [0.1, 0.15) is 0 Å². The van der Waals surface area contributed by atoms with Gasteiger partial charge in [-0.25, -0.2) is 0 Å². The molecule has 0 atom stereocenters. The first-order valence-electron chi connectivity index (χ1n) is 4.28. The Morgan fingerprint density at radius 2 is 0.562 bits per heavy atom. The van der Waals surface area contributed by atoms with Gasteiger partial charge in [0.15, 0.2) is 0 Å². The van der Waals surface area contributed by atoms with E-state index in [1.165, 1.54) is 41.5 Å². The van der Waals surface area contributed by atoms with Crippen molar-refractivity contribution in [2.75, 3.05) is 0 Å². The molecule has 0 aromatic rings. The molecule has 0 saturated heterocycles. The van der Waals surface area contributed by atoms with E-state index in [-0.39, 0.29) is 17.4 Å². The van der Waals surface area contributed by atoms with E-state index >= 15 is 0 Å². The molecule has 3 N–H and O–H groups in total. The van der Waals surface area contributed by atoms with Crippen LogP contribution in [-0.4, -0.2) is 50.0 Å². The minimum Gasteiger partial charge on any atom is -0.829 e. The average molecular weight is 252 g/mol. The van der Waals surface area contributed by atoms with Crippen molar-refractivity contribution in [3.8, 4) is 0 Å². The molecule has 0 aliphatic rings. The van der Waals surface area contributed by atoms with Crippen LogP contribution in [0.2, 0.25) is 0 Å². The van der Waals surface area contributed by atoms with E-state index in [1.807, 2.05) is 0 Å². The second-order valence-corrected chi connectivity index (χ2v) is 4.34. The summed E-state index contributed by atoms with van der Waals surface area (Å²) in [5.74, 6) is -5.25. The Bertz CT molecular complexity index is 95.0. The van der Waals surface area contributed by atoms with Gasteiger partial charge < -0.3 is 30.6 Å². The Morgan fingerprint density at radius 1 is 0.562 bits per heavy atom. The van der Waals surface area contributed by atoms with Crippen LogP contribution < -0.4 is 15.3 Å². The summed E-state index contributed by atoms with van der Waals surface area (Å²) in [6.07, 6.45) is 0. The monoisotopic (exact) mass is 252 g/mol. The van der Waals surface area contributed by atoms with Crippen LogP contribution in [0.3, 0.4) is 0 Å². The molecule has 0 spiro atoms. The van der Waals surface area contributed by atoms with E-state index in [1.54, 1.807) is 0 Å². The van der Waals surface area contributed by atoms with E-state index in [0.29, 0.717) is 0 Å². The summed E-state index contributed by atoms with van der Waals surface area (Å²) in [5.41, 5.74) is 0. The van der Waals surface area contributed by atoms with Gasteiger partial charge in [-0.05, 0) is 17.4 Å². The summed E-state index contributed by atoms with van der Waals surface area (Å²) in [6, 6.07) is 0. The summed E-state index contributed by atoms with van der Waals surface area (Å²) >= 11 is 0. The minimum atomic E-state index is -1.75. The van der Waals surface area contributed by atoms with Crippen molar-refractivity contribution in [3.05, 3.63) is 0 Å². The Labute approximate surface area is 107 Å². The van der Waals surface area contributed by atoms with E-state index in [2.05, 4.69) is 0 Å². The maximum absolute atomic E-state index is 9.66. The maximum Gasteiger partial charge on any atom is 3.00 e. The molecule has 16 heavy (non-hydrogen) atoms. The molecular formula is C9H21AlO6. The SMILES string of the molecule is CC(C)([O-])O.CC(C)([O-])O.CC(C)([O-])O.[Al+3]. The summed E-state index contributed by atoms with van der Waals surface area (Å²) in [6.45, 7) is 7.12. The van der Waals surface area contributed by atoms with Gasteiger partial charge in [0, 0.05) is 0 Å². The topological polar surface area (TPSA) is 130 Å². The molecular weight excluding hydrogens is 231 g/mol. The number of aliphatic hydroxyl groups is 3. The molecule has 0 heterocycles. The van der Waals surface area contributed by atoms with Crippen molar-refractivity contribution in [1.82, 2.24) is 0 Å². The first kappa shape index (κ1) is 25.2. The largest absolute Gasteiger partial charge is 3.00 e. The van der Waals surface area contributed by atoms with Crippen LogP contribution in [0.4, 0.5) is 0 Å². The normalized spacial score (nSPS) is 11.2. The maximum atomic E-state index is 9.66. The molecule has 0 aliphatic heterocycles. The van der Waals surface area contributed by atoms with Gasteiger partial charge in [-0.1, -0.05) is 41.5 Å². The molecule has 6 nitrogen and oxygen atoms in total. The van der Waals surface area contributed by atoms with Crippen LogP contribution in [-0.2, 0) is 0 Å². The molecule has 0 aliphatic carbocycles.